The SMILES string of the molecule is Cn1cc(-c2ccc(-c3ccc(C4=NC5(CCOCC5)C(=O)N4CC4CCN(C(=O)N5CCCC5)C4)cc3)cc2)cn1. The number of likely N-dealkylation sites (tertiary alicyclic amines) is 2. The van der Waals surface area contributed by atoms with Crippen LogP contribution in [-0.2, 0) is 16.6 Å². The number of hydrogen-bond donors (Lipinski definition) is 0. The van der Waals surface area contributed by atoms with Gasteiger partial charge in [-0.15, -0.1) is 0 Å². The Labute approximate surface area is 246 Å². The summed E-state index contributed by atoms with van der Waals surface area (Å²) in [5.74, 6) is 1.07. The number of aromatic nitrogens is 2. The second-order valence-electron chi connectivity index (χ2n) is 12.1. The van der Waals surface area contributed by atoms with Crippen molar-refractivity contribution in [2.75, 3.05) is 45.9 Å². The average Bonchev–Trinajstić information content (AvgIpc) is 3.84. The first kappa shape index (κ1) is 26.9. The Morgan fingerprint density at radius 1 is 0.881 bits per heavy atom. The standard InChI is InChI=1S/C33H38N6O3/c1-36-23-29(20-34-36)27-6-4-25(5-7-27)26-8-10-28(11-9-26)30-35-33(13-18-42-19-14-33)31(40)39(30)22-24-12-17-38(21-24)32(41)37-15-2-3-16-37/h4-11,20,23-24H,2-3,12-19,21-22H2,1H3. The molecule has 218 valence electrons. The number of amides is 3. The van der Waals surface area contributed by atoms with E-state index in [-0.39, 0.29) is 17.9 Å². The lowest BCUT2D eigenvalue weighted by molar-refractivity contribution is -0.134. The quantitative estimate of drug-likeness (QED) is 0.458. The average molecular weight is 567 g/mol. The maximum absolute atomic E-state index is 14.0. The Morgan fingerprint density at radius 2 is 1.50 bits per heavy atom. The van der Waals surface area contributed by atoms with E-state index in [1.165, 1.54) is 0 Å². The lowest BCUT2D eigenvalue weighted by atomic mass is 9.90. The van der Waals surface area contributed by atoms with Crippen molar-refractivity contribution in [3.8, 4) is 22.3 Å². The van der Waals surface area contributed by atoms with Crippen molar-refractivity contribution in [1.82, 2.24) is 24.5 Å². The summed E-state index contributed by atoms with van der Waals surface area (Å²) in [7, 11) is 1.92. The minimum atomic E-state index is -0.738. The molecule has 1 aromatic heterocycles. The lowest BCUT2D eigenvalue weighted by Gasteiger charge is -2.30. The predicted molar refractivity (Wildman–Crippen MR) is 161 cm³/mol. The second kappa shape index (κ2) is 11.0. The molecule has 2 aromatic carbocycles. The molecule has 9 nitrogen and oxygen atoms in total. The van der Waals surface area contributed by atoms with Crippen molar-refractivity contribution >= 4 is 17.8 Å². The molecule has 1 atom stereocenters. The number of amidine groups is 1. The van der Waals surface area contributed by atoms with E-state index in [1.54, 1.807) is 0 Å². The highest BCUT2D eigenvalue weighted by Crippen LogP contribution is 2.36. The van der Waals surface area contributed by atoms with Gasteiger partial charge in [0.25, 0.3) is 5.91 Å². The molecule has 0 saturated carbocycles. The van der Waals surface area contributed by atoms with Crippen LogP contribution in [0.2, 0.25) is 0 Å². The molecule has 5 heterocycles. The van der Waals surface area contributed by atoms with Gasteiger partial charge < -0.3 is 14.5 Å². The summed E-state index contributed by atoms with van der Waals surface area (Å²) in [6.07, 6.45) is 8.19. The summed E-state index contributed by atoms with van der Waals surface area (Å²) >= 11 is 0. The topological polar surface area (TPSA) is 83.3 Å². The van der Waals surface area contributed by atoms with Crippen LogP contribution in [0.25, 0.3) is 22.3 Å². The number of carbonyl (C=O) groups is 2. The summed E-state index contributed by atoms with van der Waals surface area (Å²) in [6, 6.07) is 17.0. The molecule has 0 aliphatic carbocycles. The third kappa shape index (κ3) is 5.00. The maximum atomic E-state index is 14.0. The Morgan fingerprint density at radius 3 is 2.12 bits per heavy atom. The molecule has 0 N–H and O–H groups in total. The van der Waals surface area contributed by atoms with Crippen molar-refractivity contribution in [2.45, 2.75) is 37.6 Å². The van der Waals surface area contributed by atoms with E-state index in [4.69, 9.17) is 9.73 Å². The maximum Gasteiger partial charge on any atom is 0.320 e. The fourth-order valence-corrected chi connectivity index (χ4v) is 6.84. The minimum Gasteiger partial charge on any atom is -0.381 e. The molecule has 1 unspecified atom stereocenters. The van der Waals surface area contributed by atoms with Gasteiger partial charge in [-0.2, -0.15) is 5.10 Å². The molecule has 1 spiro atoms. The van der Waals surface area contributed by atoms with E-state index in [0.717, 1.165) is 72.5 Å². The third-order valence-corrected chi connectivity index (χ3v) is 9.31. The van der Waals surface area contributed by atoms with Gasteiger partial charge in [-0.3, -0.25) is 19.4 Å². The summed E-state index contributed by atoms with van der Waals surface area (Å²) < 4.78 is 7.42. The van der Waals surface area contributed by atoms with Crippen molar-refractivity contribution in [3.05, 3.63) is 66.5 Å². The number of carbonyl (C=O) groups excluding carboxylic acids is 2. The van der Waals surface area contributed by atoms with Gasteiger partial charge in [0.1, 0.15) is 11.4 Å². The Hall–Kier alpha value is -3.98. The first-order valence-electron chi connectivity index (χ1n) is 15.2. The van der Waals surface area contributed by atoms with Gasteiger partial charge >= 0.3 is 6.03 Å². The van der Waals surface area contributed by atoms with Gasteiger partial charge in [0, 0.05) is 83.2 Å². The largest absolute Gasteiger partial charge is 0.381 e. The summed E-state index contributed by atoms with van der Waals surface area (Å²) in [4.78, 5) is 38.0. The van der Waals surface area contributed by atoms with Crippen molar-refractivity contribution < 1.29 is 14.3 Å². The predicted octanol–water partition coefficient (Wildman–Crippen LogP) is 4.43. The van der Waals surface area contributed by atoms with E-state index in [0.29, 0.717) is 39.1 Å². The number of aryl methyl sites for hydroxylation is 1. The lowest BCUT2D eigenvalue weighted by Crippen LogP contribution is -2.47. The van der Waals surface area contributed by atoms with Crippen LogP contribution < -0.4 is 0 Å². The van der Waals surface area contributed by atoms with Crippen LogP contribution >= 0.6 is 0 Å². The van der Waals surface area contributed by atoms with Crippen LogP contribution in [0.15, 0.2) is 65.9 Å². The number of nitrogens with zero attached hydrogens (tertiary/aromatic N) is 6. The van der Waals surface area contributed by atoms with Gasteiger partial charge in [-0.05, 0) is 41.9 Å². The highest BCUT2D eigenvalue weighted by molar-refractivity contribution is 6.15. The molecular formula is C33H38N6O3. The fourth-order valence-electron chi connectivity index (χ4n) is 6.84. The zero-order valence-corrected chi connectivity index (χ0v) is 24.2. The Balaban J connectivity index is 1.10. The van der Waals surface area contributed by atoms with Crippen LogP contribution in [0.1, 0.15) is 37.7 Å². The van der Waals surface area contributed by atoms with Crippen LogP contribution in [0.5, 0.6) is 0 Å². The van der Waals surface area contributed by atoms with Crippen molar-refractivity contribution in [1.29, 1.82) is 0 Å². The zero-order valence-electron chi connectivity index (χ0n) is 24.2. The van der Waals surface area contributed by atoms with Crippen LogP contribution in [0, 0.1) is 5.92 Å². The fraction of sp³-hybridized carbons (Fsp3) is 0.455. The van der Waals surface area contributed by atoms with E-state index in [2.05, 4.69) is 53.6 Å². The van der Waals surface area contributed by atoms with E-state index >= 15 is 0 Å². The Bertz CT molecular complexity index is 1480. The Kier molecular flexibility index (Phi) is 7.06. The van der Waals surface area contributed by atoms with Gasteiger partial charge in [-0.1, -0.05) is 48.5 Å². The number of aliphatic imine (C=N–C) groups is 1. The van der Waals surface area contributed by atoms with Gasteiger partial charge in [0.2, 0.25) is 0 Å². The molecule has 4 aliphatic heterocycles. The molecular weight excluding hydrogens is 528 g/mol. The molecule has 0 radical (unpaired) electrons. The number of urea groups is 1. The first-order valence-corrected chi connectivity index (χ1v) is 15.2. The summed E-state index contributed by atoms with van der Waals surface area (Å²) in [5, 5.41) is 4.28. The molecule has 0 bridgehead atoms. The van der Waals surface area contributed by atoms with Gasteiger partial charge in [0.05, 0.1) is 6.20 Å². The molecule has 3 aromatic rings. The van der Waals surface area contributed by atoms with Crippen LogP contribution in [0.3, 0.4) is 0 Å². The normalized spacial score (nSPS) is 21.9. The molecule has 4 aliphatic rings. The minimum absolute atomic E-state index is 0.0835. The third-order valence-electron chi connectivity index (χ3n) is 9.31. The van der Waals surface area contributed by atoms with E-state index in [9.17, 15) is 9.59 Å². The molecule has 3 amide bonds. The molecule has 7 rings (SSSR count). The van der Waals surface area contributed by atoms with Crippen molar-refractivity contribution in [2.24, 2.45) is 18.0 Å². The first-order chi connectivity index (χ1) is 20.5. The van der Waals surface area contributed by atoms with Gasteiger partial charge in [0.15, 0.2) is 0 Å². The zero-order chi connectivity index (χ0) is 28.7. The highest BCUT2D eigenvalue weighted by atomic mass is 16.5. The van der Waals surface area contributed by atoms with E-state index < -0.39 is 5.54 Å². The number of rotatable bonds is 5. The monoisotopic (exact) mass is 566 g/mol. The molecule has 42 heavy (non-hydrogen) atoms. The van der Waals surface area contributed by atoms with Crippen LogP contribution in [0.4, 0.5) is 4.79 Å². The second-order valence-corrected chi connectivity index (χ2v) is 12.1. The van der Waals surface area contributed by atoms with Gasteiger partial charge in [-0.25, -0.2) is 4.79 Å². The molecule has 3 fully saturated rings. The van der Waals surface area contributed by atoms with E-state index in [1.807, 2.05) is 38.8 Å². The molecule has 3 saturated heterocycles. The van der Waals surface area contributed by atoms with Crippen molar-refractivity contribution in [3.63, 3.8) is 0 Å². The highest BCUT2D eigenvalue weighted by Gasteiger charge is 2.50. The number of benzene rings is 2. The number of ether oxygens (including phenoxy) is 1. The van der Waals surface area contributed by atoms with Crippen LogP contribution in [-0.4, -0.2) is 93.7 Å². The summed E-state index contributed by atoms with van der Waals surface area (Å²) in [5.41, 5.74) is 4.68. The smallest absolute Gasteiger partial charge is 0.320 e. The summed E-state index contributed by atoms with van der Waals surface area (Å²) in [6.45, 7) is 4.84. The number of hydrogen-bond acceptors (Lipinski definition) is 5. The molecule has 9 heteroatoms.